The van der Waals surface area contributed by atoms with Crippen molar-refractivity contribution in [1.29, 1.82) is 0 Å². The second-order valence-corrected chi connectivity index (χ2v) is 6.20. The molecule has 0 aromatic carbocycles. The van der Waals surface area contributed by atoms with E-state index in [9.17, 15) is 4.79 Å². The highest BCUT2D eigenvalue weighted by atomic mass is 16.4. The van der Waals surface area contributed by atoms with Crippen LogP contribution in [0, 0.1) is 29.1 Å². The van der Waals surface area contributed by atoms with Crippen LogP contribution in [0.4, 0.5) is 0 Å². The van der Waals surface area contributed by atoms with E-state index in [0.29, 0.717) is 23.8 Å². The van der Waals surface area contributed by atoms with E-state index in [1.807, 2.05) is 0 Å². The van der Waals surface area contributed by atoms with Crippen LogP contribution >= 0.6 is 0 Å². The summed E-state index contributed by atoms with van der Waals surface area (Å²) in [4.78, 5) is 10.8. The predicted molar refractivity (Wildman–Crippen MR) is 62.9 cm³/mol. The molecule has 3 N–H and O–H groups in total. The fourth-order valence-corrected chi connectivity index (χ4v) is 4.07. The normalized spacial score (nSPS) is 37.6. The average molecular weight is 225 g/mol. The first-order valence-electron chi connectivity index (χ1n) is 6.38. The van der Waals surface area contributed by atoms with Gasteiger partial charge in [-0.15, -0.1) is 0 Å². The van der Waals surface area contributed by atoms with E-state index in [-0.39, 0.29) is 12.3 Å². The summed E-state index contributed by atoms with van der Waals surface area (Å²) >= 11 is 0. The molecule has 2 bridgehead atoms. The van der Waals surface area contributed by atoms with E-state index in [0.717, 1.165) is 5.92 Å². The molecule has 0 radical (unpaired) electrons. The molecule has 3 nitrogen and oxygen atoms in total. The second kappa shape index (κ2) is 4.02. The number of carboxylic acid groups (broad SMARTS) is 1. The van der Waals surface area contributed by atoms with Gasteiger partial charge in [0.25, 0.3) is 0 Å². The van der Waals surface area contributed by atoms with E-state index in [2.05, 4.69) is 13.8 Å². The lowest BCUT2D eigenvalue weighted by Crippen LogP contribution is -2.54. The first-order valence-corrected chi connectivity index (χ1v) is 6.38. The van der Waals surface area contributed by atoms with Gasteiger partial charge in [-0.05, 0) is 54.9 Å². The van der Waals surface area contributed by atoms with Crippen LogP contribution in [0.15, 0.2) is 0 Å². The molecule has 3 aliphatic carbocycles. The van der Waals surface area contributed by atoms with Gasteiger partial charge in [0.2, 0.25) is 0 Å². The lowest BCUT2D eigenvalue weighted by molar-refractivity contribution is -0.144. The van der Waals surface area contributed by atoms with Gasteiger partial charge in [0.05, 0.1) is 0 Å². The van der Waals surface area contributed by atoms with Gasteiger partial charge in [0, 0.05) is 6.42 Å². The van der Waals surface area contributed by atoms with Crippen LogP contribution in [-0.2, 0) is 4.79 Å². The summed E-state index contributed by atoms with van der Waals surface area (Å²) in [5.74, 6) is 1.61. The van der Waals surface area contributed by atoms with Crippen LogP contribution in [0.3, 0.4) is 0 Å². The monoisotopic (exact) mass is 225 g/mol. The second-order valence-electron chi connectivity index (χ2n) is 6.20. The summed E-state index contributed by atoms with van der Waals surface area (Å²) in [6.07, 6.45) is 4.00. The van der Waals surface area contributed by atoms with Gasteiger partial charge in [-0.2, -0.15) is 0 Å². The molecule has 0 aromatic heterocycles. The molecule has 0 aliphatic heterocycles. The SMILES string of the molecule is CC1(C)[C@H]2CCC(C(CN)CC(=O)O)[C@@H]1C2. The zero-order chi connectivity index (χ0) is 11.9. The number of aliphatic carboxylic acids is 1. The topological polar surface area (TPSA) is 63.3 Å². The Morgan fingerprint density at radius 1 is 1.50 bits per heavy atom. The van der Waals surface area contributed by atoms with Crippen molar-refractivity contribution in [3.8, 4) is 0 Å². The van der Waals surface area contributed by atoms with Crippen molar-refractivity contribution in [2.45, 2.75) is 39.5 Å². The van der Waals surface area contributed by atoms with E-state index in [4.69, 9.17) is 10.8 Å². The van der Waals surface area contributed by atoms with Gasteiger partial charge in [-0.1, -0.05) is 13.8 Å². The third kappa shape index (κ3) is 1.75. The van der Waals surface area contributed by atoms with Crippen LogP contribution < -0.4 is 5.73 Å². The third-order valence-electron chi connectivity index (χ3n) is 5.26. The zero-order valence-corrected chi connectivity index (χ0v) is 10.3. The van der Waals surface area contributed by atoms with Crippen molar-refractivity contribution < 1.29 is 9.90 Å². The molecule has 2 unspecified atom stereocenters. The number of hydrogen-bond donors (Lipinski definition) is 2. The average Bonchev–Trinajstić information content (AvgIpc) is 2.25. The number of fused-ring (bicyclic) bond motifs is 2. The molecular weight excluding hydrogens is 202 g/mol. The van der Waals surface area contributed by atoms with E-state index in [1.54, 1.807) is 0 Å². The maximum absolute atomic E-state index is 10.8. The van der Waals surface area contributed by atoms with Crippen molar-refractivity contribution in [3.63, 3.8) is 0 Å². The Balaban J connectivity index is 2.05. The summed E-state index contributed by atoms with van der Waals surface area (Å²) in [6.45, 7) is 5.20. The first-order chi connectivity index (χ1) is 7.46. The molecule has 16 heavy (non-hydrogen) atoms. The molecule has 0 amide bonds. The molecule has 92 valence electrons. The third-order valence-corrected chi connectivity index (χ3v) is 5.26. The van der Waals surface area contributed by atoms with Gasteiger partial charge in [-0.3, -0.25) is 4.79 Å². The van der Waals surface area contributed by atoms with E-state index in [1.165, 1.54) is 19.3 Å². The molecule has 0 saturated heterocycles. The number of nitrogens with two attached hydrogens (primary N) is 1. The fraction of sp³-hybridized carbons (Fsp3) is 0.923. The summed E-state index contributed by atoms with van der Waals surface area (Å²) in [7, 11) is 0. The zero-order valence-electron chi connectivity index (χ0n) is 10.3. The highest BCUT2D eigenvalue weighted by Crippen LogP contribution is 2.62. The molecule has 3 saturated carbocycles. The van der Waals surface area contributed by atoms with Crippen molar-refractivity contribution in [2.75, 3.05) is 6.54 Å². The molecule has 3 aliphatic rings. The first kappa shape index (κ1) is 11.9. The maximum atomic E-state index is 10.8. The Morgan fingerprint density at radius 3 is 2.62 bits per heavy atom. The summed E-state index contributed by atoms with van der Waals surface area (Å²) < 4.78 is 0. The van der Waals surface area contributed by atoms with Crippen molar-refractivity contribution in [2.24, 2.45) is 34.8 Å². The minimum absolute atomic E-state index is 0.183. The highest BCUT2D eigenvalue weighted by Gasteiger charge is 2.55. The molecule has 3 heteroatoms. The standard InChI is InChI=1S/C13H23NO2/c1-13(2)9-3-4-10(11(13)6-9)8(7-14)5-12(15)16/h8-11H,3-7,14H2,1-2H3,(H,15,16)/t8?,9-,10?,11-/m0/s1. The van der Waals surface area contributed by atoms with Crippen LogP contribution in [0.5, 0.6) is 0 Å². The summed E-state index contributed by atoms with van der Waals surface area (Å²) in [5.41, 5.74) is 6.18. The Hall–Kier alpha value is -0.570. The number of carbonyl (C=O) groups is 1. The van der Waals surface area contributed by atoms with Crippen LogP contribution in [-0.4, -0.2) is 17.6 Å². The Labute approximate surface area is 97.4 Å². The minimum Gasteiger partial charge on any atom is -0.481 e. The van der Waals surface area contributed by atoms with Crippen molar-refractivity contribution >= 4 is 5.97 Å². The summed E-state index contributed by atoms with van der Waals surface area (Å²) in [5, 5.41) is 8.92. The van der Waals surface area contributed by atoms with Gasteiger partial charge in [0.1, 0.15) is 0 Å². The maximum Gasteiger partial charge on any atom is 0.303 e. The Morgan fingerprint density at radius 2 is 2.19 bits per heavy atom. The molecule has 4 atom stereocenters. The quantitative estimate of drug-likeness (QED) is 0.770. The van der Waals surface area contributed by atoms with Crippen molar-refractivity contribution in [1.82, 2.24) is 0 Å². The molecule has 0 heterocycles. The summed E-state index contributed by atoms with van der Waals surface area (Å²) in [6, 6.07) is 0. The van der Waals surface area contributed by atoms with Gasteiger partial charge in [0.15, 0.2) is 0 Å². The lowest BCUT2D eigenvalue weighted by atomic mass is 9.44. The van der Waals surface area contributed by atoms with E-state index >= 15 is 0 Å². The molecule has 3 rings (SSSR count). The predicted octanol–water partition coefficient (Wildman–Crippen LogP) is 2.11. The minimum atomic E-state index is -0.699. The Kier molecular flexibility index (Phi) is 2.99. The molecule has 3 fully saturated rings. The largest absolute Gasteiger partial charge is 0.481 e. The fourth-order valence-electron chi connectivity index (χ4n) is 4.07. The Bertz CT molecular complexity index is 286. The smallest absolute Gasteiger partial charge is 0.303 e. The van der Waals surface area contributed by atoms with Crippen LogP contribution in [0.1, 0.15) is 39.5 Å². The molecule has 0 spiro atoms. The van der Waals surface area contributed by atoms with Crippen LogP contribution in [0.25, 0.3) is 0 Å². The number of hydrogen-bond acceptors (Lipinski definition) is 2. The van der Waals surface area contributed by atoms with Gasteiger partial charge >= 0.3 is 5.97 Å². The number of carboxylic acids is 1. The molecular formula is C13H23NO2. The van der Waals surface area contributed by atoms with E-state index < -0.39 is 5.97 Å². The van der Waals surface area contributed by atoms with Gasteiger partial charge in [-0.25, -0.2) is 0 Å². The number of rotatable bonds is 4. The van der Waals surface area contributed by atoms with Crippen molar-refractivity contribution in [3.05, 3.63) is 0 Å². The molecule has 0 aromatic rings. The van der Waals surface area contributed by atoms with Crippen LogP contribution in [0.2, 0.25) is 0 Å². The lowest BCUT2D eigenvalue weighted by Gasteiger charge is -2.61. The highest BCUT2D eigenvalue weighted by molar-refractivity contribution is 5.67. The van der Waals surface area contributed by atoms with Gasteiger partial charge < -0.3 is 10.8 Å².